The van der Waals surface area contributed by atoms with Gasteiger partial charge in [-0.05, 0) is 38.4 Å². The van der Waals surface area contributed by atoms with E-state index in [1.165, 1.54) is 12.8 Å². The lowest BCUT2D eigenvalue weighted by atomic mass is 10.0. The molecule has 1 aliphatic rings. The number of piperidine rings is 1. The molecule has 0 spiro atoms. The van der Waals surface area contributed by atoms with Crippen molar-refractivity contribution in [2.24, 2.45) is 0 Å². The van der Waals surface area contributed by atoms with E-state index in [1.807, 2.05) is 6.92 Å². The van der Waals surface area contributed by atoms with Gasteiger partial charge >= 0.3 is 0 Å². The summed E-state index contributed by atoms with van der Waals surface area (Å²) in [7, 11) is 0. The van der Waals surface area contributed by atoms with Crippen molar-refractivity contribution in [2.75, 3.05) is 6.54 Å². The summed E-state index contributed by atoms with van der Waals surface area (Å²) in [6, 6.07) is 5.93. The van der Waals surface area contributed by atoms with E-state index < -0.39 is 0 Å². The number of hydrogen-bond acceptors (Lipinski definition) is 4. The number of aromatic nitrogens is 1. The Labute approximate surface area is 102 Å². The summed E-state index contributed by atoms with van der Waals surface area (Å²) in [5.41, 5.74) is 0.496. The van der Waals surface area contributed by atoms with Crippen molar-refractivity contribution in [3.8, 4) is 11.9 Å². The maximum absolute atomic E-state index is 8.96. The van der Waals surface area contributed by atoms with Crippen LogP contribution in [0.5, 0.6) is 5.88 Å². The van der Waals surface area contributed by atoms with Gasteiger partial charge in [0.2, 0.25) is 5.88 Å². The number of nitrogens with one attached hydrogen (secondary N) is 1. The molecular weight excluding hydrogens is 214 g/mol. The van der Waals surface area contributed by atoms with Crippen molar-refractivity contribution in [3.63, 3.8) is 0 Å². The first kappa shape index (κ1) is 11.9. The van der Waals surface area contributed by atoms with E-state index in [0.29, 0.717) is 17.5 Å². The number of nitrogens with zero attached hydrogens (tertiary/aromatic N) is 2. The quantitative estimate of drug-likeness (QED) is 0.862. The molecule has 1 aromatic rings. The molecule has 1 N–H and O–H groups in total. The molecule has 17 heavy (non-hydrogen) atoms. The normalized spacial score (nSPS) is 21.5. The van der Waals surface area contributed by atoms with E-state index in [0.717, 1.165) is 13.0 Å². The molecule has 2 rings (SSSR count). The number of nitriles is 1. The molecule has 2 heterocycles. The predicted molar refractivity (Wildman–Crippen MR) is 64.7 cm³/mol. The van der Waals surface area contributed by atoms with Gasteiger partial charge in [-0.1, -0.05) is 6.42 Å². The maximum atomic E-state index is 8.96. The predicted octanol–water partition coefficient (Wildman–Crippen LogP) is 1.86. The van der Waals surface area contributed by atoms with E-state index in [1.54, 1.807) is 18.3 Å². The molecule has 0 bridgehead atoms. The Bertz CT molecular complexity index is 407. The Morgan fingerprint density at radius 2 is 2.47 bits per heavy atom. The second-order valence-electron chi connectivity index (χ2n) is 4.35. The molecule has 0 saturated carbocycles. The second kappa shape index (κ2) is 5.65. The van der Waals surface area contributed by atoms with Crippen LogP contribution in [-0.2, 0) is 0 Å². The molecule has 1 aliphatic heterocycles. The third kappa shape index (κ3) is 2.95. The van der Waals surface area contributed by atoms with Gasteiger partial charge in [0.15, 0.2) is 0 Å². The van der Waals surface area contributed by atoms with Crippen LogP contribution in [0.1, 0.15) is 31.7 Å². The van der Waals surface area contributed by atoms with Gasteiger partial charge in [-0.15, -0.1) is 0 Å². The van der Waals surface area contributed by atoms with Crippen molar-refractivity contribution in [2.45, 2.75) is 38.3 Å². The second-order valence-corrected chi connectivity index (χ2v) is 4.35. The lowest BCUT2D eigenvalue weighted by Crippen LogP contribution is -2.44. The van der Waals surface area contributed by atoms with Crippen molar-refractivity contribution in [3.05, 3.63) is 23.9 Å². The van der Waals surface area contributed by atoms with Crippen LogP contribution in [0.3, 0.4) is 0 Å². The smallest absolute Gasteiger partial charge is 0.231 e. The fourth-order valence-electron chi connectivity index (χ4n) is 2.11. The highest BCUT2D eigenvalue weighted by Gasteiger charge is 2.21. The highest BCUT2D eigenvalue weighted by Crippen LogP contribution is 2.18. The zero-order valence-corrected chi connectivity index (χ0v) is 10.0. The number of pyridine rings is 1. The minimum Gasteiger partial charge on any atom is -0.472 e. The largest absolute Gasteiger partial charge is 0.472 e. The van der Waals surface area contributed by atoms with Gasteiger partial charge in [0.25, 0.3) is 0 Å². The average Bonchev–Trinajstić information content (AvgIpc) is 2.40. The van der Waals surface area contributed by atoms with E-state index >= 15 is 0 Å². The van der Waals surface area contributed by atoms with E-state index in [2.05, 4.69) is 16.4 Å². The van der Waals surface area contributed by atoms with Crippen LogP contribution >= 0.6 is 0 Å². The molecule has 4 nitrogen and oxygen atoms in total. The first-order valence-electron chi connectivity index (χ1n) is 6.06. The Morgan fingerprint density at radius 1 is 1.59 bits per heavy atom. The molecule has 1 saturated heterocycles. The van der Waals surface area contributed by atoms with Gasteiger partial charge in [-0.25, -0.2) is 4.98 Å². The van der Waals surface area contributed by atoms with Crippen LogP contribution in [0.15, 0.2) is 18.3 Å². The third-order valence-electron chi connectivity index (χ3n) is 3.10. The third-order valence-corrected chi connectivity index (χ3v) is 3.10. The van der Waals surface area contributed by atoms with Crippen molar-refractivity contribution in [1.82, 2.24) is 10.3 Å². The molecule has 2 unspecified atom stereocenters. The summed E-state index contributed by atoms with van der Waals surface area (Å²) >= 11 is 0. The van der Waals surface area contributed by atoms with Crippen LogP contribution in [0.2, 0.25) is 0 Å². The topological polar surface area (TPSA) is 57.9 Å². The number of ether oxygens (including phenoxy) is 1. The molecule has 0 radical (unpaired) electrons. The average molecular weight is 231 g/mol. The Hall–Kier alpha value is -1.60. The van der Waals surface area contributed by atoms with Crippen LogP contribution in [0.4, 0.5) is 0 Å². The van der Waals surface area contributed by atoms with Crippen LogP contribution < -0.4 is 10.1 Å². The molecular formula is C13H17N3O. The van der Waals surface area contributed by atoms with Crippen LogP contribution in [-0.4, -0.2) is 23.7 Å². The fraction of sp³-hybridized carbons (Fsp3) is 0.538. The van der Waals surface area contributed by atoms with Crippen LogP contribution in [0, 0.1) is 11.3 Å². The van der Waals surface area contributed by atoms with E-state index in [9.17, 15) is 0 Å². The molecule has 90 valence electrons. The maximum Gasteiger partial charge on any atom is 0.231 e. The molecule has 2 atom stereocenters. The van der Waals surface area contributed by atoms with Crippen molar-refractivity contribution in [1.29, 1.82) is 5.26 Å². The van der Waals surface area contributed by atoms with Gasteiger partial charge in [0.05, 0.1) is 0 Å². The molecule has 4 heteroatoms. The highest BCUT2D eigenvalue weighted by molar-refractivity contribution is 5.37. The standard InChI is InChI=1S/C13H17N3O/c1-10(12-6-2-3-7-15-12)17-13-11(9-14)5-4-8-16-13/h4-5,8,10,12,15H,2-3,6-7H2,1H3. The van der Waals surface area contributed by atoms with Crippen molar-refractivity contribution >= 4 is 0 Å². The Kier molecular flexibility index (Phi) is 3.94. The Morgan fingerprint density at radius 3 is 3.18 bits per heavy atom. The zero-order chi connectivity index (χ0) is 12.1. The summed E-state index contributed by atoms with van der Waals surface area (Å²) in [5, 5.41) is 12.4. The SMILES string of the molecule is CC(Oc1ncccc1C#N)C1CCCCN1. The first-order valence-corrected chi connectivity index (χ1v) is 6.06. The van der Waals surface area contributed by atoms with Gasteiger partial charge in [-0.3, -0.25) is 0 Å². The fourth-order valence-corrected chi connectivity index (χ4v) is 2.11. The highest BCUT2D eigenvalue weighted by atomic mass is 16.5. The lowest BCUT2D eigenvalue weighted by Gasteiger charge is -2.29. The van der Waals surface area contributed by atoms with Crippen molar-refractivity contribution < 1.29 is 4.74 Å². The minimum absolute atomic E-state index is 0.0392. The molecule has 0 aliphatic carbocycles. The van der Waals surface area contributed by atoms with Gasteiger partial charge in [0, 0.05) is 12.2 Å². The van der Waals surface area contributed by atoms with Gasteiger partial charge < -0.3 is 10.1 Å². The zero-order valence-electron chi connectivity index (χ0n) is 10.0. The summed E-state index contributed by atoms with van der Waals surface area (Å²) < 4.78 is 5.78. The van der Waals surface area contributed by atoms with Crippen LogP contribution in [0.25, 0.3) is 0 Å². The van der Waals surface area contributed by atoms with Gasteiger partial charge in [-0.2, -0.15) is 5.26 Å². The summed E-state index contributed by atoms with van der Waals surface area (Å²) in [4.78, 5) is 4.11. The molecule has 0 amide bonds. The molecule has 1 aromatic heterocycles. The Balaban J connectivity index is 2.02. The monoisotopic (exact) mass is 231 g/mol. The summed E-state index contributed by atoms with van der Waals surface area (Å²) in [6.07, 6.45) is 5.28. The first-order chi connectivity index (χ1) is 8.31. The minimum atomic E-state index is 0.0392. The molecule has 1 fully saturated rings. The molecule has 0 aromatic carbocycles. The van der Waals surface area contributed by atoms with E-state index in [4.69, 9.17) is 10.00 Å². The number of hydrogen-bond donors (Lipinski definition) is 1. The van der Waals surface area contributed by atoms with Gasteiger partial charge in [0.1, 0.15) is 17.7 Å². The lowest BCUT2D eigenvalue weighted by molar-refractivity contribution is 0.146. The number of rotatable bonds is 3. The van der Waals surface area contributed by atoms with E-state index in [-0.39, 0.29) is 6.10 Å². The summed E-state index contributed by atoms with van der Waals surface area (Å²) in [5.74, 6) is 0.440. The summed E-state index contributed by atoms with van der Waals surface area (Å²) in [6.45, 7) is 3.07.